The second-order valence-corrected chi connectivity index (χ2v) is 9.09. The van der Waals surface area contributed by atoms with Crippen molar-refractivity contribution >= 4 is 33.0 Å². The van der Waals surface area contributed by atoms with Gasteiger partial charge in [-0.15, -0.1) is 11.3 Å². The van der Waals surface area contributed by atoms with Crippen molar-refractivity contribution in [3.63, 3.8) is 0 Å². The van der Waals surface area contributed by atoms with Gasteiger partial charge in [0.2, 0.25) is 10.0 Å². The van der Waals surface area contributed by atoms with E-state index in [1.807, 2.05) is 24.4 Å². The third-order valence-corrected chi connectivity index (χ3v) is 7.08. The summed E-state index contributed by atoms with van der Waals surface area (Å²) >= 11 is 7.77. The summed E-state index contributed by atoms with van der Waals surface area (Å²) in [6.07, 6.45) is 0. The number of hydrogen-bond donors (Lipinski definition) is 1. The van der Waals surface area contributed by atoms with E-state index in [2.05, 4.69) is 9.62 Å². The lowest BCUT2D eigenvalue weighted by Crippen LogP contribution is -2.43. The molecule has 0 saturated carbocycles. The van der Waals surface area contributed by atoms with E-state index in [-0.39, 0.29) is 16.0 Å². The predicted molar refractivity (Wildman–Crippen MR) is 101 cm³/mol. The molecule has 0 amide bonds. The average molecular weight is 401 g/mol. The molecule has 1 atom stereocenters. The summed E-state index contributed by atoms with van der Waals surface area (Å²) in [6, 6.07) is 8.97. The first-order valence-corrected chi connectivity index (χ1v) is 10.8. The van der Waals surface area contributed by atoms with Crippen molar-refractivity contribution in [3.8, 4) is 0 Å². The minimum Gasteiger partial charge on any atom is -0.379 e. The van der Waals surface area contributed by atoms with Crippen molar-refractivity contribution in [1.29, 1.82) is 0 Å². The molecule has 1 saturated heterocycles. The smallest absolute Gasteiger partial charge is 0.242 e. The van der Waals surface area contributed by atoms with Crippen LogP contribution in [0.5, 0.6) is 0 Å². The van der Waals surface area contributed by atoms with Crippen LogP contribution in [-0.4, -0.2) is 46.2 Å². The first kappa shape index (κ1) is 18.8. The molecule has 1 aliphatic rings. The summed E-state index contributed by atoms with van der Waals surface area (Å²) in [4.78, 5) is 3.51. The zero-order valence-corrected chi connectivity index (χ0v) is 16.3. The van der Waals surface area contributed by atoms with E-state index in [0.717, 1.165) is 23.5 Å². The van der Waals surface area contributed by atoms with E-state index >= 15 is 0 Å². The summed E-state index contributed by atoms with van der Waals surface area (Å²) < 4.78 is 33.5. The van der Waals surface area contributed by atoms with Crippen molar-refractivity contribution in [3.05, 3.63) is 51.2 Å². The van der Waals surface area contributed by atoms with Gasteiger partial charge in [-0.05, 0) is 36.1 Å². The molecule has 1 aromatic carbocycles. The van der Waals surface area contributed by atoms with Gasteiger partial charge in [0.1, 0.15) is 4.90 Å². The number of morpholine rings is 1. The normalized spacial score (nSPS) is 17.5. The Bertz CT molecular complexity index is 803. The first-order chi connectivity index (χ1) is 12.0. The zero-order valence-electron chi connectivity index (χ0n) is 13.9. The van der Waals surface area contributed by atoms with Gasteiger partial charge in [0.05, 0.1) is 24.3 Å². The van der Waals surface area contributed by atoms with Gasteiger partial charge in [-0.3, -0.25) is 4.90 Å². The second kappa shape index (κ2) is 8.16. The summed E-state index contributed by atoms with van der Waals surface area (Å²) in [6.45, 7) is 5.08. The van der Waals surface area contributed by atoms with Gasteiger partial charge in [0.25, 0.3) is 0 Å². The molecule has 1 aromatic heterocycles. The Morgan fingerprint density at radius 1 is 1.32 bits per heavy atom. The average Bonchev–Trinajstić information content (AvgIpc) is 3.10. The number of halogens is 1. The fraction of sp³-hybridized carbons (Fsp3) is 0.412. The van der Waals surface area contributed by atoms with E-state index in [1.54, 1.807) is 29.5 Å². The van der Waals surface area contributed by atoms with Gasteiger partial charge in [0.15, 0.2) is 0 Å². The summed E-state index contributed by atoms with van der Waals surface area (Å²) in [5, 5.41) is 2.25. The number of nitrogens with zero attached hydrogens (tertiary/aromatic N) is 1. The molecule has 5 nitrogen and oxygen atoms in total. The third-order valence-electron chi connectivity index (χ3n) is 4.20. The lowest BCUT2D eigenvalue weighted by Gasteiger charge is -2.34. The molecule has 0 spiro atoms. The van der Waals surface area contributed by atoms with Crippen LogP contribution in [0, 0.1) is 6.92 Å². The van der Waals surface area contributed by atoms with E-state index in [1.165, 1.54) is 0 Å². The number of rotatable bonds is 6. The minimum atomic E-state index is -3.67. The van der Waals surface area contributed by atoms with Crippen LogP contribution in [0.1, 0.15) is 16.5 Å². The number of aryl methyl sites for hydroxylation is 1. The third kappa shape index (κ3) is 4.61. The zero-order chi connectivity index (χ0) is 17.9. The highest BCUT2D eigenvalue weighted by Gasteiger charge is 2.26. The van der Waals surface area contributed by atoms with E-state index in [9.17, 15) is 8.42 Å². The Kier molecular flexibility index (Phi) is 6.14. The fourth-order valence-corrected chi connectivity index (χ4v) is 5.37. The standard InChI is InChI=1S/C17H21ClN2O3S2/c1-13-4-5-17(14(18)11-13)25(21,22)19-12-15(16-3-2-10-24-16)20-6-8-23-9-7-20/h2-5,10-11,15,19H,6-9,12H2,1H3/t15-/m0/s1. The molecule has 0 bridgehead atoms. The highest BCUT2D eigenvalue weighted by molar-refractivity contribution is 7.89. The molecule has 1 N–H and O–H groups in total. The molecule has 2 aromatic rings. The highest BCUT2D eigenvalue weighted by atomic mass is 35.5. The van der Waals surface area contributed by atoms with Crippen molar-refractivity contribution in [1.82, 2.24) is 9.62 Å². The molecular weight excluding hydrogens is 380 g/mol. The maximum atomic E-state index is 12.7. The van der Waals surface area contributed by atoms with Crippen LogP contribution in [0.25, 0.3) is 0 Å². The fourth-order valence-electron chi connectivity index (χ4n) is 2.87. The number of benzene rings is 1. The number of hydrogen-bond acceptors (Lipinski definition) is 5. The first-order valence-electron chi connectivity index (χ1n) is 8.08. The van der Waals surface area contributed by atoms with Gasteiger partial charge in [-0.1, -0.05) is 23.7 Å². The van der Waals surface area contributed by atoms with Gasteiger partial charge in [-0.2, -0.15) is 0 Å². The Labute approximate surface area is 157 Å². The van der Waals surface area contributed by atoms with Crippen LogP contribution in [0.15, 0.2) is 40.6 Å². The van der Waals surface area contributed by atoms with Gasteiger partial charge < -0.3 is 4.74 Å². The minimum absolute atomic E-state index is 0.0112. The molecule has 136 valence electrons. The molecule has 1 fully saturated rings. The maximum absolute atomic E-state index is 12.7. The molecule has 3 rings (SSSR count). The van der Waals surface area contributed by atoms with Crippen LogP contribution in [0.3, 0.4) is 0 Å². The lowest BCUT2D eigenvalue weighted by molar-refractivity contribution is 0.0179. The van der Waals surface area contributed by atoms with Crippen molar-refractivity contribution in [2.75, 3.05) is 32.8 Å². The number of sulfonamides is 1. The molecular formula is C17H21ClN2O3S2. The van der Waals surface area contributed by atoms with Crippen LogP contribution >= 0.6 is 22.9 Å². The molecule has 0 radical (unpaired) electrons. The monoisotopic (exact) mass is 400 g/mol. The summed E-state index contributed by atoms with van der Waals surface area (Å²) in [5.41, 5.74) is 0.925. The molecule has 0 unspecified atom stereocenters. The van der Waals surface area contributed by atoms with Crippen LogP contribution in [0.4, 0.5) is 0 Å². The van der Waals surface area contributed by atoms with Gasteiger partial charge in [0, 0.05) is 24.5 Å². The Hall–Kier alpha value is -0.960. The molecule has 2 heterocycles. The molecule has 0 aliphatic carbocycles. The van der Waals surface area contributed by atoms with Crippen LogP contribution < -0.4 is 4.72 Å². The van der Waals surface area contributed by atoms with E-state index in [4.69, 9.17) is 16.3 Å². The lowest BCUT2D eigenvalue weighted by atomic mass is 10.2. The summed E-state index contributed by atoms with van der Waals surface area (Å²) in [5.74, 6) is 0. The number of ether oxygens (including phenoxy) is 1. The topological polar surface area (TPSA) is 58.6 Å². The quantitative estimate of drug-likeness (QED) is 0.809. The SMILES string of the molecule is Cc1ccc(S(=O)(=O)NC[C@@H](c2cccs2)N2CCOCC2)c(Cl)c1. The van der Waals surface area contributed by atoms with Crippen molar-refractivity contribution < 1.29 is 13.2 Å². The predicted octanol–water partition coefficient (Wildman–Crippen LogP) is 3.06. The largest absolute Gasteiger partial charge is 0.379 e. The molecule has 8 heteroatoms. The van der Waals surface area contributed by atoms with Crippen LogP contribution in [0.2, 0.25) is 5.02 Å². The molecule has 25 heavy (non-hydrogen) atoms. The number of thiophene rings is 1. The Morgan fingerprint density at radius 2 is 2.08 bits per heavy atom. The molecule has 1 aliphatic heterocycles. The van der Waals surface area contributed by atoms with Gasteiger partial charge >= 0.3 is 0 Å². The maximum Gasteiger partial charge on any atom is 0.242 e. The Morgan fingerprint density at radius 3 is 2.72 bits per heavy atom. The van der Waals surface area contributed by atoms with E-state index in [0.29, 0.717) is 19.8 Å². The van der Waals surface area contributed by atoms with E-state index < -0.39 is 10.0 Å². The highest BCUT2D eigenvalue weighted by Crippen LogP contribution is 2.27. The second-order valence-electron chi connectivity index (χ2n) is 5.97. The van der Waals surface area contributed by atoms with Gasteiger partial charge in [-0.25, -0.2) is 13.1 Å². The summed E-state index contributed by atoms with van der Waals surface area (Å²) in [7, 11) is -3.67. The Balaban J connectivity index is 1.78. The van der Waals surface area contributed by atoms with Crippen molar-refractivity contribution in [2.24, 2.45) is 0 Å². The number of nitrogens with one attached hydrogen (secondary N) is 1. The van der Waals surface area contributed by atoms with Crippen LogP contribution in [-0.2, 0) is 14.8 Å². The van der Waals surface area contributed by atoms with Crippen molar-refractivity contribution in [2.45, 2.75) is 17.9 Å².